The zero-order valence-corrected chi connectivity index (χ0v) is 14.3. The van der Waals surface area contributed by atoms with Gasteiger partial charge < -0.3 is 15.7 Å². The molecule has 0 fully saturated rings. The van der Waals surface area contributed by atoms with Gasteiger partial charge in [0, 0.05) is 11.4 Å². The van der Waals surface area contributed by atoms with Crippen molar-refractivity contribution >= 4 is 40.9 Å². The van der Waals surface area contributed by atoms with Gasteiger partial charge in [0.2, 0.25) is 0 Å². The zero-order valence-electron chi connectivity index (χ0n) is 13.5. The summed E-state index contributed by atoms with van der Waals surface area (Å²) in [4.78, 5) is 0. The standard InChI is InChI=1S/C21H18N2OS/c24-20-14-10-17(11-15-20)7-6-16-8-12-19(13-9-16)23-21(25)22-18-4-2-1-3-5-18/h1-15,24H,(H2,22,23,25)/b7-6+. The van der Waals surface area contributed by atoms with Crippen LogP contribution < -0.4 is 10.6 Å². The van der Waals surface area contributed by atoms with Crippen LogP contribution in [0.25, 0.3) is 12.2 Å². The van der Waals surface area contributed by atoms with E-state index >= 15 is 0 Å². The lowest BCUT2D eigenvalue weighted by molar-refractivity contribution is 0.475. The van der Waals surface area contributed by atoms with Crippen molar-refractivity contribution in [2.24, 2.45) is 0 Å². The molecule has 3 N–H and O–H groups in total. The number of phenolic OH excluding ortho intramolecular Hbond substituents is 1. The summed E-state index contributed by atoms with van der Waals surface area (Å²) in [6, 6.07) is 24.9. The molecule has 0 aliphatic heterocycles. The lowest BCUT2D eigenvalue weighted by Gasteiger charge is -2.10. The predicted molar refractivity (Wildman–Crippen MR) is 110 cm³/mol. The zero-order chi connectivity index (χ0) is 17.5. The number of thiocarbonyl (C=S) groups is 1. The summed E-state index contributed by atoms with van der Waals surface area (Å²) in [6.07, 6.45) is 4.03. The number of anilines is 2. The number of rotatable bonds is 4. The number of benzene rings is 3. The highest BCUT2D eigenvalue weighted by Gasteiger charge is 1.98. The van der Waals surface area contributed by atoms with Crippen LogP contribution in [0.4, 0.5) is 11.4 Å². The van der Waals surface area contributed by atoms with Crippen LogP contribution in [0.5, 0.6) is 5.75 Å². The van der Waals surface area contributed by atoms with Gasteiger partial charge >= 0.3 is 0 Å². The molecule has 0 atom stereocenters. The van der Waals surface area contributed by atoms with Crippen molar-refractivity contribution in [2.45, 2.75) is 0 Å². The van der Waals surface area contributed by atoms with Crippen LogP contribution in [0.3, 0.4) is 0 Å². The predicted octanol–water partition coefficient (Wildman–Crippen LogP) is 5.37. The van der Waals surface area contributed by atoms with Gasteiger partial charge in [0.15, 0.2) is 5.11 Å². The highest BCUT2D eigenvalue weighted by molar-refractivity contribution is 7.80. The van der Waals surface area contributed by atoms with Gasteiger partial charge in [0.25, 0.3) is 0 Å². The number of phenols is 1. The molecule has 0 aliphatic carbocycles. The molecule has 0 unspecified atom stereocenters. The molecule has 3 nitrogen and oxygen atoms in total. The van der Waals surface area contributed by atoms with Crippen LogP contribution >= 0.6 is 12.2 Å². The number of aromatic hydroxyl groups is 1. The summed E-state index contributed by atoms with van der Waals surface area (Å²) >= 11 is 5.32. The van der Waals surface area contributed by atoms with Crippen LogP contribution in [-0.2, 0) is 0 Å². The summed E-state index contributed by atoms with van der Waals surface area (Å²) < 4.78 is 0. The summed E-state index contributed by atoms with van der Waals surface area (Å²) in [5.41, 5.74) is 4.00. The molecule has 0 bridgehead atoms. The van der Waals surface area contributed by atoms with E-state index in [2.05, 4.69) is 10.6 Å². The second kappa shape index (κ2) is 8.13. The number of hydrogen-bond donors (Lipinski definition) is 3. The SMILES string of the molecule is Oc1ccc(/C=C/c2ccc(NC(=S)Nc3ccccc3)cc2)cc1. The summed E-state index contributed by atoms with van der Waals surface area (Å²) in [5.74, 6) is 0.271. The van der Waals surface area contributed by atoms with Gasteiger partial charge in [-0.25, -0.2) is 0 Å². The molecular weight excluding hydrogens is 328 g/mol. The number of para-hydroxylation sites is 1. The Morgan fingerprint density at radius 3 is 1.72 bits per heavy atom. The van der Waals surface area contributed by atoms with Crippen LogP contribution in [-0.4, -0.2) is 10.2 Å². The minimum Gasteiger partial charge on any atom is -0.508 e. The molecular formula is C21H18N2OS. The van der Waals surface area contributed by atoms with E-state index in [-0.39, 0.29) is 5.75 Å². The van der Waals surface area contributed by atoms with E-state index in [0.29, 0.717) is 5.11 Å². The Labute approximate surface area is 152 Å². The first-order valence-electron chi connectivity index (χ1n) is 7.89. The first kappa shape index (κ1) is 16.7. The fraction of sp³-hybridized carbons (Fsp3) is 0. The third-order valence-corrected chi connectivity index (χ3v) is 3.77. The molecule has 0 radical (unpaired) electrons. The summed E-state index contributed by atoms with van der Waals surface area (Å²) in [7, 11) is 0. The average molecular weight is 346 g/mol. The number of nitrogens with one attached hydrogen (secondary N) is 2. The highest BCUT2D eigenvalue weighted by atomic mass is 32.1. The lowest BCUT2D eigenvalue weighted by atomic mass is 10.1. The van der Waals surface area contributed by atoms with Crippen LogP contribution in [0.1, 0.15) is 11.1 Å². The van der Waals surface area contributed by atoms with Gasteiger partial charge in [-0.05, 0) is 59.7 Å². The van der Waals surface area contributed by atoms with Gasteiger partial charge in [-0.2, -0.15) is 0 Å². The van der Waals surface area contributed by atoms with E-state index in [0.717, 1.165) is 22.5 Å². The topological polar surface area (TPSA) is 44.3 Å². The minimum atomic E-state index is 0.271. The second-order valence-electron chi connectivity index (χ2n) is 5.49. The minimum absolute atomic E-state index is 0.271. The van der Waals surface area contributed by atoms with Crippen molar-refractivity contribution in [1.29, 1.82) is 0 Å². The van der Waals surface area contributed by atoms with Crippen molar-refractivity contribution in [3.8, 4) is 5.75 Å². The average Bonchev–Trinajstić information content (AvgIpc) is 2.63. The summed E-state index contributed by atoms with van der Waals surface area (Å²) in [6.45, 7) is 0. The van der Waals surface area contributed by atoms with Crippen molar-refractivity contribution in [3.05, 3.63) is 90.0 Å². The molecule has 25 heavy (non-hydrogen) atoms. The molecule has 0 saturated heterocycles. The van der Waals surface area contributed by atoms with E-state index in [1.54, 1.807) is 12.1 Å². The van der Waals surface area contributed by atoms with Crippen molar-refractivity contribution in [1.82, 2.24) is 0 Å². The van der Waals surface area contributed by atoms with Gasteiger partial charge in [0.1, 0.15) is 5.75 Å². The largest absolute Gasteiger partial charge is 0.508 e. The molecule has 0 aromatic heterocycles. The van der Waals surface area contributed by atoms with Gasteiger partial charge in [-0.3, -0.25) is 0 Å². The maximum absolute atomic E-state index is 9.29. The Morgan fingerprint density at radius 1 is 0.680 bits per heavy atom. The molecule has 0 heterocycles. The number of hydrogen-bond acceptors (Lipinski definition) is 2. The van der Waals surface area contributed by atoms with Crippen molar-refractivity contribution in [3.63, 3.8) is 0 Å². The van der Waals surface area contributed by atoms with Gasteiger partial charge in [-0.15, -0.1) is 0 Å². The monoisotopic (exact) mass is 346 g/mol. The summed E-state index contributed by atoms with van der Waals surface area (Å²) in [5, 5.41) is 16.2. The smallest absolute Gasteiger partial charge is 0.175 e. The maximum atomic E-state index is 9.29. The normalized spacial score (nSPS) is 10.6. The van der Waals surface area contributed by atoms with E-state index in [1.807, 2.05) is 78.9 Å². The van der Waals surface area contributed by atoms with Crippen molar-refractivity contribution < 1.29 is 5.11 Å². The molecule has 3 aromatic rings. The third-order valence-electron chi connectivity index (χ3n) is 3.56. The Balaban J connectivity index is 1.58. The third kappa shape index (κ3) is 5.19. The molecule has 0 aliphatic rings. The van der Waals surface area contributed by atoms with Gasteiger partial charge in [0.05, 0.1) is 0 Å². The van der Waals surface area contributed by atoms with E-state index in [9.17, 15) is 5.11 Å². The fourth-order valence-electron chi connectivity index (χ4n) is 2.27. The lowest BCUT2D eigenvalue weighted by Crippen LogP contribution is -2.18. The Bertz CT molecular complexity index is 857. The van der Waals surface area contributed by atoms with Crippen LogP contribution in [0, 0.1) is 0 Å². The Morgan fingerprint density at radius 2 is 1.16 bits per heavy atom. The Kier molecular flexibility index (Phi) is 5.44. The molecule has 3 rings (SSSR count). The van der Waals surface area contributed by atoms with Crippen LogP contribution in [0.2, 0.25) is 0 Å². The molecule has 4 heteroatoms. The first-order chi connectivity index (χ1) is 12.2. The molecule has 0 amide bonds. The maximum Gasteiger partial charge on any atom is 0.175 e. The van der Waals surface area contributed by atoms with E-state index < -0.39 is 0 Å². The van der Waals surface area contributed by atoms with Crippen molar-refractivity contribution in [2.75, 3.05) is 10.6 Å². The highest BCUT2D eigenvalue weighted by Crippen LogP contribution is 2.15. The molecule has 0 saturated carbocycles. The molecule has 124 valence electrons. The van der Waals surface area contributed by atoms with E-state index in [1.165, 1.54) is 0 Å². The second-order valence-corrected chi connectivity index (χ2v) is 5.90. The molecule has 0 spiro atoms. The fourth-order valence-corrected chi connectivity index (χ4v) is 2.51. The first-order valence-corrected chi connectivity index (χ1v) is 8.30. The molecule has 3 aromatic carbocycles. The quantitative estimate of drug-likeness (QED) is 0.439. The van der Waals surface area contributed by atoms with E-state index in [4.69, 9.17) is 12.2 Å². The van der Waals surface area contributed by atoms with Gasteiger partial charge in [-0.1, -0.05) is 54.6 Å². The van der Waals surface area contributed by atoms with Crippen LogP contribution in [0.15, 0.2) is 78.9 Å². The Hall–Kier alpha value is -3.11.